The second-order valence-corrected chi connectivity index (χ2v) is 7.41. The molecule has 0 fully saturated rings. The van der Waals surface area contributed by atoms with Gasteiger partial charge in [-0.1, -0.05) is 60.7 Å². The SMILES string of the molecule is O=C=CCc1c(-c2ccccc2)cccc1S(=O)(=O)c1ccccc1. The number of allylic oxidation sites excluding steroid dienone is 1. The smallest absolute Gasteiger partial charge is 0.206 e. The number of hydrogen-bond acceptors (Lipinski definition) is 3. The number of sulfone groups is 1. The highest BCUT2D eigenvalue weighted by Gasteiger charge is 2.22. The van der Waals surface area contributed by atoms with Gasteiger partial charge in [-0.2, -0.15) is 0 Å². The molecule has 0 atom stereocenters. The van der Waals surface area contributed by atoms with E-state index in [1.165, 1.54) is 6.08 Å². The fraction of sp³-hybridized carbons (Fsp3) is 0.0476. The Morgan fingerprint density at radius 2 is 1.44 bits per heavy atom. The molecule has 0 radical (unpaired) electrons. The van der Waals surface area contributed by atoms with Crippen LogP contribution in [-0.4, -0.2) is 14.4 Å². The van der Waals surface area contributed by atoms with Crippen molar-refractivity contribution in [3.63, 3.8) is 0 Å². The lowest BCUT2D eigenvalue weighted by Crippen LogP contribution is -2.07. The first kappa shape index (κ1) is 16.9. The Kier molecular flexibility index (Phi) is 4.94. The van der Waals surface area contributed by atoms with Crippen molar-refractivity contribution in [2.75, 3.05) is 0 Å². The highest BCUT2D eigenvalue weighted by Crippen LogP contribution is 2.32. The van der Waals surface area contributed by atoms with Crippen LogP contribution in [-0.2, 0) is 21.1 Å². The van der Waals surface area contributed by atoms with Gasteiger partial charge in [0.2, 0.25) is 9.84 Å². The molecule has 0 saturated carbocycles. The lowest BCUT2D eigenvalue weighted by atomic mass is 9.98. The van der Waals surface area contributed by atoms with E-state index < -0.39 is 9.84 Å². The Labute approximate surface area is 147 Å². The summed E-state index contributed by atoms with van der Waals surface area (Å²) in [6.07, 6.45) is 1.52. The summed E-state index contributed by atoms with van der Waals surface area (Å²) in [5.74, 6) is 1.74. The summed E-state index contributed by atoms with van der Waals surface area (Å²) in [5.41, 5.74) is 2.30. The summed E-state index contributed by atoms with van der Waals surface area (Å²) in [7, 11) is -3.68. The fourth-order valence-electron chi connectivity index (χ4n) is 2.79. The van der Waals surface area contributed by atoms with Gasteiger partial charge in [-0.15, -0.1) is 0 Å². The molecular weight excluding hydrogens is 332 g/mol. The van der Waals surface area contributed by atoms with Crippen LogP contribution in [0, 0.1) is 0 Å². The van der Waals surface area contributed by atoms with Gasteiger partial charge in [-0.05, 0) is 34.9 Å². The van der Waals surface area contributed by atoms with Crippen molar-refractivity contribution >= 4 is 15.8 Å². The number of benzene rings is 3. The first-order valence-corrected chi connectivity index (χ1v) is 9.29. The fourth-order valence-corrected chi connectivity index (χ4v) is 4.33. The van der Waals surface area contributed by atoms with Crippen LogP contribution in [0.3, 0.4) is 0 Å². The van der Waals surface area contributed by atoms with Crippen molar-refractivity contribution in [3.8, 4) is 11.1 Å². The third-order valence-corrected chi connectivity index (χ3v) is 5.80. The monoisotopic (exact) mass is 348 g/mol. The average Bonchev–Trinajstić information content (AvgIpc) is 2.67. The van der Waals surface area contributed by atoms with Crippen LogP contribution < -0.4 is 0 Å². The van der Waals surface area contributed by atoms with Crippen molar-refractivity contribution in [1.82, 2.24) is 0 Å². The minimum absolute atomic E-state index is 0.204. The van der Waals surface area contributed by atoms with Crippen LogP contribution in [0.5, 0.6) is 0 Å². The van der Waals surface area contributed by atoms with Gasteiger partial charge in [-0.25, -0.2) is 13.2 Å². The van der Waals surface area contributed by atoms with E-state index in [1.807, 2.05) is 36.4 Å². The summed E-state index contributed by atoms with van der Waals surface area (Å²) < 4.78 is 26.2. The van der Waals surface area contributed by atoms with Crippen LogP contribution in [0.1, 0.15) is 5.56 Å². The maximum Gasteiger partial charge on any atom is 0.206 e. The topological polar surface area (TPSA) is 51.2 Å². The predicted molar refractivity (Wildman–Crippen MR) is 97.7 cm³/mol. The van der Waals surface area contributed by atoms with Crippen molar-refractivity contribution in [2.24, 2.45) is 0 Å². The molecule has 124 valence electrons. The molecule has 0 unspecified atom stereocenters. The summed E-state index contributed by atoms with van der Waals surface area (Å²) in [6.45, 7) is 0. The summed E-state index contributed by atoms with van der Waals surface area (Å²) in [4.78, 5) is 11.2. The van der Waals surface area contributed by atoms with E-state index in [2.05, 4.69) is 0 Å². The molecule has 0 heterocycles. The van der Waals surface area contributed by atoms with E-state index in [4.69, 9.17) is 0 Å². The average molecular weight is 348 g/mol. The van der Waals surface area contributed by atoms with Gasteiger partial charge in [0, 0.05) is 12.5 Å². The molecule has 3 aromatic carbocycles. The normalized spacial score (nSPS) is 10.9. The van der Waals surface area contributed by atoms with Gasteiger partial charge >= 0.3 is 0 Å². The molecular formula is C21H16O3S. The van der Waals surface area contributed by atoms with E-state index in [9.17, 15) is 13.2 Å². The third-order valence-electron chi connectivity index (χ3n) is 3.95. The highest BCUT2D eigenvalue weighted by molar-refractivity contribution is 7.91. The molecule has 3 rings (SSSR count). The van der Waals surface area contributed by atoms with Crippen molar-refractivity contribution in [1.29, 1.82) is 0 Å². The van der Waals surface area contributed by atoms with E-state index >= 15 is 0 Å². The van der Waals surface area contributed by atoms with Gasteiger partial charge in [0.15, 0.2) is 0 Å². The molecule has 0 aliphatic heterocycles. The Morgan fingerprint density at radius 1 is 0.800 bits per heavy atom. The van der Waals surface area contributed by atoms with Crippen LogP contribution >= 0.6 is 0 Å². The lowest BCUT2D eigenvalue weighted by Gasteiger charge is -2.14. The van der Waals surface area contributed by atoms with Gasteiger partial charge in [0.05, 0.1) is 9.79 Å². The summed E-state index contributed by atoms with van der Waals surface area (Å²) in [6, 6.07) is 23.0. The second kappa shape index (κ2) is 7.31. The summed E-state index contributed by atoms with van der Waals surface area (Å²) in [5, 5.41) is 0. The van der Waals surface area contributed by atoms with Crippen molar-refractivity contribution < 1.29 is 13.2 Å². The van der Waals surface area contributed by atoms with E-state index in [1.54, 1.807) is 48.4 Å². The molecule has 25 heavy (non-hydrogen) atoms. The standard InChI is InChI=1S/C21H16O3S/c22-16-8-14-20-19(17-9-3-1-4-10-17)13-7-15-21(20)25(23,24)18-11-5-2-6-12-18/h1-13,15H,14H2. The molecule has 3 nitrogen and oxygen atoms in total. The Hall–Kier alpha value is -2.94. The first-order chi connectivity index (χ1) is 12.1. The largest absolute Gasteiger partial charge is 0.234 e. The second-order valence-electron chi connectivity index (χ2n) is 5.49. The summed E-state index contributed by atoms with van der Waals surface area (Å²) >= 11 is 0. The van der Waals surface area contributed by atoms with Gasteiger partial charge < -0.3 is 0 Å². The molecule has 0 saturated heterocycles. The number of rotatable bonds is 5. The molecule has 0 N–H and O–H groups in total. The van der Waals surface area contributed by atoms with Gasteiger partial charge in [-0.3, -0.25) is 0 Å². The van der Waals surface area contributed by atoms with E-state index in [0.717, 1.165) is 11.1 Å². The Morgan fingerprint density at radius 3 is 2.08 bits per heavy atom. The molecule has 0 amide bonds. The van der Waals surface area contributed by atoms with Crippen LogP contribution in [0.2, 0.25) is 0 Å². The molecule has 3 aromatic rings. The zero-order valence-electron chi connectivity index (χ0n) is 13.4. The van der Waals surface area contributed by atoms with Crippen LogP contribution in [0.25, 0.3) is 11.1 Å². The van der Waals surface area contributed by atoms with Crippen molar-refractivity contribution in [3.05, 3.63) is 90.5 Å². The van der Waals surface area contributed by atoms with Gasteiger partial charge in [0.25, 0.3) is 0 Å². The Balaban J connectivity index is 2.25. The maximum atomic E-state index is 13.1. The zero-order chi connectivity index (χ0) is 17.7. The van der Waals surface area contributed by atoms with Crippen molar-refractivity contribution in [2.45, 2.75) is 16.2 Å². The minimum atomic E-state index is -3.68. The van der Waals surface area contributed by atoms with Gasteiger partial charge in [0.1, 0.15) is 5.94 Å². The predicted octanol–water partition coefficient (Wildman–Crippen LogP) is 4.12. The van der Waals surface area contributed by atoms with E-state index in [0.29, 0.717) is 5.56 Å². The third kappa shape index (κ3) is 3.45. The quantitative estimate of drug-likeness (QED) is 0.652. The molecule has 0 spiro atoms. The first-order valence-electron chi connectivity index (χ1n) is 7.81. The highest BCUT2D eigenvalue weighted by atomic mass is 32.2. The molecule has 0 bridgehead atoms. The Bertz CT molecular complexity index is 1020. The van der Waals surface area contributed by atoms with Crippen LogP contribution in [0.15, 0.2) is 94.7 Å². The maximum absolute atomic E-state index is 13.1. The molecule has 0 aliphatic carbocycles. The number of carbonyl (C=O) groups excluding carboxylic acids is 1. The molecule has 0 aliphatic rings. The molecule has 0 aromatic heterocycles. The van der Waals surface area contributed by atoms with Crippen LogP contribution in [0.4, 0.5) is 0 Å². The minimum Gasteiger partial charge on any atom is -0.234 e. The number of hydrogen-bond donors (Lipinski definition) is 0. The lowest BCUT2D eigenvalue weighted by molar-refractivity contribution is 0.568. The zero-order valence-corrected chi connectivity index (χ0v) is 14.2. The van der Waals surface area contributed by atoms with E-state index in [-0.39, 0.29) is 16.2 Å². The molecule has 4 heteroatoms.